The van der Waals surface area contributed by atoms with Gasteiger partial charge >= 0.3 is 0 Å². The van der Waals surface area contributed by atoms with Gasteiger partial charge in [-0.25, -0.2) is 4.99 Å². The van der Waals surface area contributed by atoms with Gasteiger partial charge in [-0.3, -0.25) is 9.69 Å². The van der Waals surface area contributed by atoms with E-state index in [0.717, 1.165) is 22.5 Å². The van der Waals surface area contributed by atoms with Gasteiger partial charge in [-0.15, -0.1) is 0 Å². The molecule has 5 rings (SSSR count). The molecule has 160 valence electrons. The van der Waals surface area contributed by atoms with Crippen molar-refractivity contribution < 1.29 is 14.3 Å². The smallest absolute Gasteiger partial charge is 0.271 e. The van der Waals surface area contributed by atoms with Crippen LogP contribution in [0.5, 0.6) is 11.5 Å². The molecule has 0 spiro atoms. The van der Waals surface area contributed by atoms with Crippen molar-refractivity contribution in [1.82, 2.24) is 0 Å². The molecule has 3 aromatic rings. The van der Waals surface area contributed by atoms with E-state index in [1.54, 1.807) is 23.1 Å². The van der Waals surface area contributed by atoms with E-state index in [4.69, 9.17) is 26.1 Å². The van der Waals surface area contributed by atoms with Gasteiger partial charge < -0.3 is 9.47 Å². The molecular weight excluding hydrogens is 444 g/mol. The van der Waals surface area contributed by atoms with Crippen molar-refractivity contribution in [3.63, 3.8) is 0 Å². The highest BCUT2D eigenvalue weighted by atomic mass is 35.5. The lowest BCUT2D eigenvalue weighted by molar-refractivity contribution is -0.113. The third kappa shape index (κ3) is 3.76. The average molecular weight is 463 g/mol. The number of nitrogens with zero attached hydrogens (tertiary/aromatic N) is 2. The van der Waals surface area contributed by atoms with Gasteiger partial charge in [0.25, 0.3) is 5.91 Å². The molecule has 0 aliphatic carbocycles. The van der Waals surface area contributed by atoms with E-state index < -0.39 is 0 Å². The fourth-order valence-electron chi connectivity index (χ4n) is 3.62. The number of amidine groups is 1. The molecule has 7 heteroatoms. The van der Waals surface area contributed by atoms with E-state index in [1.807, 2.05) is 62.4 Å². The van der Waals surface area contributed by atoms with Crippen molar-refractivity contribution in [2.24, 2.45) is 4.99 Å². The number of fused-ring (bicyclic) bond motifs is 1. The molecule has 0 saturated carbocycles. The molecule has 32 heavy (non-hydrogen) atoms. The summed E-state index contributed by atoms with van der Waals surface area (Å²) in [4.78, 5) is 20.6. The van der Waals surface area contributed by atoms with Crippen LogP contribution >= 0.6 is 23.4 Å². The summed E-state index contributed by atoms with van der Waals surface area (Å²) in [6.07, 6.45) is 1.78. The summed E-state index contributed by atoms with van der Waals surface area (Å²) in [5.74, 6) is 1.06. The molecule has 2 aliphatic heterocycles. The Kier molecular flexibility index (Phi) is 5.41. The Hall–Kier alpha value is -3.22. The summed E-state index contributed by atoms with van der Waals surface area (Å²) in [5.41, 5.74) is 4.42. The topological polar surface area (TPSA) is 51.1 Å². The summed E-state index contributed by atoms with van der Waals surface area (Å²) in [6.45, 7) is 4.20. The largest absolute Gasteiger partial charge is 0.454 e. The molecule has 0 aromatic heterocycles. The first-order chi connectivity index (χ1) is 15.5. The molecule has 2 aliphatic rings. The maximum Gasteiger partial charge on any atom is 0.271 e. The van der Waals surface area contributed by atoms with Gasteiger partial charge in [0.05, 0.1) is 21.3 Å². The first-order valence-electron chi connectivity index (χ1n) is 10.0. The molecule has 0 N–H and O–H groups in total. The van der Waals surface area contributed by atoms with Crippen LogP contribution < -0.4 is 14.4 Å². The van der Waals surface area contributed by atoms with Gasteiger partial charge in [0.2, 0.25) is 6.79 Å². The summed E-state index contributed by atoms with van der Waals surface area (Å²) in [5, 5.41) is 1.09. The minimum absolute atomic E-state index is 0.153. The Morgan fingerprint density at radius 1 is 1.00 bits per heavy atom. The van der Waals surface area contributed by atoms with Crippen molar-refractivity contribution in [2.75, 3.05) is 11.7 Å². The van der Waals surface area contributed by atoms with Gasteiger partial charge in [-0.05, 0) is 66.6 Å². The van der Waals surface area contributed by atoms with Gasteiger partial charge in [-0.2, -0.15) is 0 Å². The molecule has 0 atom stereocenters. The van der Waals surface area contributed by atoms with Crippen LogP contribution in [-0.2, 0) is 4.79 Å². The van der Waals surface area contributed by atoms with E-state index in [2.05, 4.69) is 0 Å². The Morgan fingerprint density at radius 3 is 2.41 bits per heavy atom. The van der Waals surface area contributed by atoms with E-state index in [9.17, 15) is 4.79 Å². The van der Waals surface area contributed by atoms with Crippen LogP contribution in [0.1, 0.15) is 16.7 Å². The van der Waals surface area contributed by atoms with Crippen LogP contribution in [0.15, 0.2) is 70.6 Å². The summed E-state index contributed by atoms with van der Waals surface area (Å²) in [6, 6.07) is 19.1. The number of para-hydroxylation sites is 2. The van der Waals surface area contributed by atoms with Crippen molar-refractivity contribution in [3.05, 3.63) is 87.3 Å². The van der Waals surface area contributed by atoms with Crippen LogP contribution in [-0.4, -0.2) is 17.9 Å². The maximum atomic E-state index is 13.5. The second-order valence-electron chi connectivity index (χ2n) is 7.45. The summed E-state index contributed by atoms with van der Waals surface area (Å²) >= 11 is 7.78. The highest BCUT2D eigenvalue weighted by Gasteiger charge is 2.35. The minimum Gasteiger partial charge on any atom is -0.454 e. The SMILES string of the molecule is Cc1cccc(C)c1N=C1SC(=Cc2cc3c(cc2Cl)OCO3)C(=O)N1c1ccccc1. The number of hydrogen-bond donors (Lipinski definition) is 0. The summed E-state index contributed by atoms with van der Waals surface area (Å²) in [7, 11) is 0. The monoisotopic (exact) mass is 462 g/mol. The van der Waals surface area contributed by atoms with Crippen molar-refractivity contribution in [1.29, 1.82) is 0 Å². The molecule has 0 unspecified atom stereocenters. The molecule has 3 aromatic carbocycles. The number of aryl methyl sites for hydroxylation is 2. The number of anilines is 1. The predicted molar refractivity (Wildman–Crippen MR) is 130 cm³/mol. The lowest BCUT2D eigenvalue weighted by Gasteiger charge is -2.16. The third-order valence-electron chi connectivity index (χ3n) is 5.25. The lowest BCUT2D eigenvalue weighted by atomic mass is 10.1. The number of carbonyl (C=O) groups is 1. The average Bonchev–Trinajstić information content (AvgIpc) is 3.35. The number of rotatable bonds is 3. The van der Waals surface area contributed by atoms with E-state index in [0.29, 0.717) is 32.2 Å². The third-order valence-corrected chi connectivity index (χ3v) is 6.54. The van der Waals surface area contributed by atoms with Crippen molar-refractivity contribution in [3.8, 4) is 11.5 Å². The van der Waals surface area contributed by atoms with E-state index in [1.165, 1.54) is 11.8 Å². The Bertz CT molecular complexity index is 1270. The van der Waals surface area contributed by atoms with Crippen LogP contribution in [0.25, 0.3) is 6.08 Å². The molecule has 1 fully saturated rings. The Balaban J connectivity index is 1.61. The minimum atomic E-state index is -0.153. The second-order valence-corrected chi connectivity index (χ2v) is 8.86. The molecule has 0 radical (unpaired) electrons. The molecule has 0 bridgehead atoms. The normalized spacial score (nSPS) is 17.6. The number of benzene rings is 3. The molecular formula is C25H19ClN2O3S. The second kappa shape index (κ2) is 8.37. The number of halogens is 1. The number of carbonyl (C=O) groups excluding carboxylic acids is 1. The number of thioether (sulfide) groups is 1. The quantitative estimate of drug-likeness (QED) is 0.417. The highest BCUT2D eigenvalue weighted by Crippen LogP contribution is 2.41. The van der Waals surface area contributed by atoms with Gasteiger partial charge in [-0.1, -0.05) is 48.0 Å². The van der Waals surface area contributed by atoms with Gasteiger partial charge in [0, 0.05) is 6.07 Å². The zero-order valence-electron chi connectivity index (χ0n) is 17.5. The molecule has 5 nitrogen and oxygen atoms in total. The number of amides is 1. The molecule has 2 heterocycles. The fraction of sp³-hybridized carbons (Fsp3) is 0.120. The van der Waals surface area contributed by atoms with Gasteiger partial charge in [0.15, 0.2) is 16.7 Å². The number of hydrogen-bond acceptors (Lipinski definition) is 5. The standard InChI is InChI=1S/C25H19ClN2O3S/c1-15-7-6-8-16(2)23(15)27-25-28(18-9-4-3-5-10-18)24(29)22(32-25)12-17-11-20-21(13-19(17)26)31-14-30-20/h3-13H,14H2,1-2H3. The van der Waals surface area contributed by atoms with Crippen molar-refractivity contribution >= 4 is 51.9 Å². The van der Waals surface area contributed by atoms with E-state index >= 15 is 0 Å². The predicted octanol–water partition coefficient (Wildman–Crippen LogP) is 6.49. The lowest BCUT2D eigenvalue weighted by Crippen LogP contribution is -2.28. The van der Waals surface area contributed by atoms with Crippen LogP contribution in [0.3, 0.4) is 0 Å². The number of ether oxygens (including phenoxy) is 2. The highest BCUT2D eigenvalue weighted by molar-refractivity contribution is 8.19. The van der Waals surface area contributed by atoms with Gasteiger partial charge in [0.1, 0.15) is 0 Å². The Labute approximate surface area is 195 Å². The van der Waals surface area contributed by atoms with Crippen LogP contribution in [0.4, 0.5) is 11.4 Å². The Morgan fingerprint density at radius 2 is 1.69 bits per heavy atom. The van der Waals surface area contributed by atoms with Crippen LogP contribution in [0, 0.1) is 13.8 Å². The zero-order chi connectivity index (χ0) is 22.2. The van der Waals surface area contributed by atoms with Crippen LogP contribution in [0.2, 0.25) is 5.02 Å². The fourth-order valence-corrected chi connectivity index (χ4v) is 4.80. The maximum absolute atomic E-state index is 13.5. The molecule has 1 amide bonds. The summed E-state index contributed by atoms with van der Waals surface area (Å²) < 4.78 is 10.8. The number of aliphatic imine (C=N–C) groups is 1. The first-order valence-corrected chi connectivity index (χ1v) is 11.2. The molecule has 1 saturated heterocycles. The van der Waals surface area contributed by atoms with E-state index in [-0.39, 0.29) is 12.7 Å². The van der Waals surface area contributed by atoms with Crippen molar-refractivity contribution in [2.45, 2.75) is 13.8 Å². The zero-order valence-corrected chi connectivity index (χ0v) is 19.0. The first kappa shape index (κ1) is 20.7.